The van der Waals surface area contributed by atoms with E-state index < -0.39 is 5.91 Å². The van der Waals surface area contributed by atoms with Crippen LogP contribution in [0, 0.1) is 0 Å². The van der Waals surface area contributed by atoms with Gasteiger partial charge in [0, 0.05) is 19.7 Å². The second kappa shape index (κ2) is 9.44. The Morgan fingerprint density at radius 2 is 2.19 bits per heavy atom. The predicted molar refractivity (Wildman–Crippen MR) is 80.9 cm³/mol. The van der Waals surface area contributed by atoms with Gasteiger partial charge in [0.25, 0.3) is 5.91 Å². The lowest BCUT2D eigenvalue weighted by molar-refractivity contribution is -0.119. The van der Waals surface area contributed by atoms with E-state index in [1.165, 1.54) is 7.11 Å². The number of methoxy groups -OCH3 is 1. The third-order valence-corrected chi connectivity index (χ3v) is 2.89. The highest BCUT2D eigenvalue weighted by Crippen LogP contribution is 2.36. The number of primary amides is 1. The standard InChI is InChI=1S/C14H21ClN2O4/c1-3-20-5-4-17-8-10-6-11(15)14(12(7-10)19-2)21-9-13(16)18/h6-7,17H,3-5,8-9H2,1-2H3,(H2,16,18). The van der Waals surface area contributed by atoms with Crippen molar-refractivity contribution in [2.75, 3.05) is 33.5 Å². The minimum absolute atomic E-state index is 0.248. The number of hydrogen-bond donors (Lipinski definition) is 2. The first-order valence-electron chi connectivity index (χ1n) is 6.64. The van der Waals surface area contributed by atoms with E-state index in [2.05, 4.69) is 5.32 Å². The van der Waals surface area contributed by atoms with E-state index in [9.17, 15) is 4.79 Å². The van der Waals surface area contributed by atoms with Crippen LogP contribution in [0.5, 0.6) is 11.5 Å². The Labute approximate surface area is 129 Å². The van der Waals surface area contributed by atoms with E-state index in [1.54, 1.807) is 12.1 Å². The zero-order valence-corrected chi connectivity index (χ0v) is 13.0. The Hall–Kier alpha value is -1.50. The molecule has 0 bridgehead atoms. The average Bonchev–Trinajstić information content (AvgIpc) is 2.45. The van der Waals surface area contributed by atoms with Crippen LogP contribution in [-0.2, 0) is 16.1 Å². The van der Waals surface area contributed by atoms with Crippen LogP contribution in [0.25, 0.3) is 0 Å². The molecule has 3 N–H and O–H groups in total. The second-order valence-corrected chi connectivity index (χ2v) is 4.64. The van der Waals surface area contributed by atoms with Gasteiger partial charge in [0.1, 0.15) is 0 Å². The molecule has 0 fully saturated rings. The Morgan fingerprint density at radius 1 is 1.43 bits per heavy atom. The number of ether oxygens (including phenoxy) is 3. The summed E-state index contributed by atoms with van der Waals surface area (Å²) in [6.45, 7) is 4.43. The summed E-state index contributed by atoms with van der Waals surface area (Å²) >= 11 is 6.15. The first-order chi connectivity index (χ1) is 10.1. The monoisotopic (exact) mass is 316 g/mol. The van der Waals surface area contributed by atoms with E-state index in [0.717, 1.165) is 12.1 Å². The highest BCUT2D eigenvalue weighted by atomic mass is 35.5. The number of hydrogen-bond acceptors (Lipinski definition) is 5. The molecule has 0 aromatic heterocycles. The van der Waals surface area contributed by atoms with Crippen LogP contribution in [-0.4, -0.2) is 39.4 Å². The number of rotatable bonds is 10. The Bertz CT molecular complexity index is 469. The molecule has 0 aliphatic rings. The molecule has 0 radical (unpaired) electrons. The summed E-state index contributed by atoms with van der Waals surface area (Å²) in [7, 11) is 1.51. The quantitative estimate of drug-likeness (QED) is 0.636. The van der Waals surface area contributed by atoms with E-state index in [-0.39, 0.29) is 6.61 Å². The van der Waals surface area contributed by atoms with Gasteiger partial charge in [-0.25, -0.2) is 0 Å². The lowest BCUT2D eigenvalue weighted by Crippen LogP contribution is -2.21. The number of halogens is 1. The third kappa shape index (κ3) is 6.20. The zero-order valence-electron chi connectivity index (χ0n) is 12.3. The summed E-state index contributed by atoms with van der Waals surface area (Å²) in [6.07, 6.45) is 0. The van der Waals surface area contributed by atoms with Crippen LogP contribution in [0.4, 0.5) is 0 Å². The van der Waals surface area contributed by atoms with Gasteiger partial charge in [-0.1, -0.05) is 11.6 Å². The molecule has 0 saturated heterocycles. The summed E-state index contributed by atoms with van der Waals surface area (Å²) in [4.78, 5) is 10.8. The molecule has 6 nitrogen and oxygen atoms in total. The van der Waals surface area contributed by atoms with Crippen molar-refractivity contribution in [1.82, 2.24) is 5.32 Å². The third-order valence-electron chi connectivity index (χ3n) is 2.60. The minimum atomic E-state index is -0.574. The zero-order chi connectivity index (χ0) is 15.7. The predicted octanol–water partition coefficient (Wildman–Crippen LogP) is 1.34. The van der Waals surface area contributed by atoms with E-state index in [0.29, 0.717) is 36.3 Å². The molecule has 0 atom stereocenters. The number of nitrogens with one attached hydrogen (secondary N) is 1. The molecule has 0 aliphatic heterocycles. The molecule has 1 aromatic rings. The highest BCUT2D eigenvalue weighted by Gasteiger charge is 2.13. The maximum Gasteiger partial charge on any atom is 0.255 e. The summed E-state index contributed by atoms with van der Waals surface area (Å²) in [6, 6.07) is 3.56. The maximum atomic E-state index is 10.8. The largest absolute Gasteiger partial charge is 0.493 e. The number of carbonyl (C=O) groups is 1. The summed E-state index contributed by atoms with van der Waals surface area (Å²) < 4.78 is 15.7. The Morgan fingerprint density at radius 3 is 2.81 bits per heavy atom. The van der Waals surface area contributed by atoms with Crippen molar-refractivity contribution in [1.29, 1.82) is 0 Å². The van der Waals surface area contributed by atoms with Crippen molar-refractivity contribution in [3.63, 3.8) is 0 Å². The van der Waals surface area contributed by atoms with Crippen LogP contribution < -0.4 is 20.5 Å². The summed E-state index contributed by atoms with van der Waals surface area (Å²) in [5.74, 6) is 0.205. The first-order valence-corrected chi connectivity index (χ1v) is 7.02. The van der Waals surface area contributed by atoms with Crippen LogP contribution in [0.1, 0.15) is 12.5 Å². The lowest BCUT2D eigenvalue weighted by Gasteiger charge is -2.13. The van der Waals surface area contributed by atoms with Crippen LogP contribution in [0.2, 0.25) is 5.02 Å². The van der Waals surface area contributed by atoms with Crippen LogP contribution in [0.3, 0.4) is 0 Å². The second-order valence-electron chi connectivity index (χ2n) is 4.24. The molecule has 1 aromatic carbocycles. The van der Waals surface area contributed by atoms with Gasteiger partial charge in [-0.2, -0.15) is 0 Å². The number of carbonyl (C=O) groups excluding carboxylic acids is 1. The van der Waals surface area contributed by atoms with Crippen molar-refractivity contribution in [3.05, 3.63) is 22.7 Å². The molecular formula is C14H21ClN2O4. The Balaban J connectivity index is 2.67. The lowest BCUT2D eigenvalue weighted by atomic mass is 10.2. The average molecular weight is 317 g/mol. The van der Waals surface area contributed by atoms with Gasteiger partial charge in [0.05, 0.1) is 18.7 Å². The first kappa shape index (κ1) is 17.6. The van der Waals surface area contributed by atoms with Crippen molar-refractivity contribution in [3.8, 4) is 11.5 Å². The molecule has 118 valence electrons. The van der Waals surface area contributed by atoms with Gasteiger partial charge in [-0.3, -0.25) is 4.79 Å². The topological polar surface area (TPSA) is 82.8 Å². The van der Waals surface area contributed by atoms with E-state index in [4.69, 9.17) is 31.5 Å². The van der Waals surface area contributed by atoms with Crippen molar-refractivity contribution < 1.29 is 19.0 Å². The maximum absolute atomic E-state index is 10.8. The molecule has 7 heteroatoms. The van der Waals surface area contributed by atoms with Gasteiger partial charge in [0.2, 0.25) is 0 Å². The molecule has 0 saturated carbocycles. The van der Waals surface area contributed by atoms with Gasteiger partial charge < -0.3 is 25.3 Å². The van der Waals surface area contributed by atoms with Crippen LogP contribution in [0.15, 0.2) is 12.1 Å². The fourth-order valence-corrected chi connectivity index (χ4v) is 1.97. The molecule has 21 heavy (non-hydrogen) atoms. The fourth-order valence-electron chi connectivity index (χ4n) is 1.68. The van der Waals surface area contributed by atoms with E-state index in [1.807, 2.05) is 6.92 Å². The highest BCUT2D eigenvalue weighted by molar-refractivity contribution is 6.32. The van der Waals surface area contributed by atoms with Gasteiger partial charge in [0.15, 0.2) is 18.1 Å². The number of benzene rings is 1. The molecule has 1 amide bonds. The molecule has 0 aliphatic carbocycles. The van der Waals surface area contributed by atoms with Gasteiger partial charge in [-0.05, 0) is 24.6 Å². The van der Waals surface area contributed by atoms with Crippen molar-refractivity contribution >= 4 is 17.5 Å². The van der Waals surface area contributed by atoms with Crippen molar-refractivity contribution in [2.24, 2.45) is 5.73 Å². The molecular weight excluding hydrogens is 296 g/mol. The van der Waals surface area contributed by atoms with Crippen LogP contribution >= 0.6 is 11.6 Å². The van der Waals surface area contributed by atoms with E-state index >= 15 is 0 Å². The number of amides is 1. The summed E-state index contributed by atoms with van der Waals surface area (Å²) in [5, 5.41) is 3.60. The smallest absolute Gasteiger partial charge is 0.255 e. The fraction of sp³-hybridized carbons (Fsp3) is 0.500. The molecule has 0 unspecified atom stereocenters. The Kier molecular flexibility index (Phi) is 7.89. The molecule has 0 spiro atoms. The normalized spacial score (nSPS) is 10.4. The molecule has 0 heterocycles. The number of nitrogens with two attached hydrogens (primary N) is 1. The molecule has 1 rings (SSSR count). The SMILES string of the molecule is CCOCCNCc1cc(Cl)c(OCC(N)=O)c(OC)c1. The van der Waals surface area contributed by atoms with Gasteiger partial charge in [-0.15, -0.1) is 0 Å². The van der Waals surface area contributed by atoms with Gasteiger partial charge >= 0.3 is 0 Å². The minimum Gasteiger partial charge on any atom is -0.493 e. The summed E-state index contributed by atoms with van der Waals surface area (Å²) in [5.41, 5.74) is 5.99. The van der Waals surface area contributed by atoms with Crippen molar-refractivity contribution in [2.45, 2.75) is 13.5 Å².